The van der Waals surface area contributed by atoms with Crippen LogP contribution in [0.4, 0.5) is 0 Å². The Morgan fingerprint density at radius 1 is 0.750 bits per heavy atom. The molecule has 186 valence electrons. The second-order valence-corrected chi connectivity index (χ2v) is 8.84. The molecule has 0 amide bonds. The monoisotopic (exact) mass is 451 g/mol. The minimum absolute atomic E-state index is 0.184. The van der Waals surface area contributed by atoms with Gasteiger partial charge < -0.3 is 15.4 Å². The molecule has 0 saturated carbocycles. The smallest absolute Gasteiger partial charge is 0.333 e. The molecule has 32 heavy (non-hydrogen) atoms. The van der Waals surface area contributed by atoms with Crippen molar-refractivity contribution in [2.45, 2.75) is 122 Å². The molecule has 3 N–H and O–H groups in total. The van der Waals surface area contributed by atoms with Gasteiger partial charge in [-0.15, -0.1) is 0 Å². The summed E-state index contributed by atoms with van der Waals surface area (Å²) in [5.41, 5.74) is 5.24. The van der Waals surface area contributed by atoms with Crippen LogP contribution in [0.5, 0.6) is 0 Å². The largest absolute Gasteiger partial charge is 0.392 e. The van der Waals surface area contributed by atoms with Crippen molar-refractivity contribution >= 4 is 17.9 Å². The van der Waals surface area contributed by atoms with Gasteiger partial charge in [-0.3, -0.25) is 10.2 Å². The summed E-state index contributed by atoms with van der Waals surface area (Å²) in [5, 5.41) is 7.18. The second-order valence-electron chi connectivity index (χ2n) is 8.84. The van der Waals surface area contributed by atoms with Crippen LogP contribution in [0.25, 0.3) is 0 Å². The van der Waals surface area contributed by atoms with Gasteiger partial charge >= 0.3 is 11.9 Å². The lowest BCUT2D eigenvalue weighted by molar-refractivity contribution is -0.159. The van der Waals surface area contributed by atoms with Crippen LogP contribution in [0.3, 0.4) is 0 Å². The van der Waals surface area contributed by atoms with Crippen LogP contribution < -0.4 is 5.73 Å². The lowest BCUT2D eigenvalue weighted by Gasteiger charge is -2.14. The third-order valence-electron chi connectivity index (χ3n) is 5.65. The molecule has 0 bridgehead atoms. The number of ether oxygens (including phenoxy) is 1. The van der Waals surface area contributed by atoms with Gasteiger partial charge in [0.05, 0.1) is 0 Å². The number of carbonyl (C=O) groups excluding carboxylic acids is 2. The van der Waals surface area contributed by atoms with Gasteiger partial charge in [-0.2, -0.15) is 0 Å². The molecule has 0 aliphatic carbocycles. The van der Waals surface area contributed by atoms with Crippen molar-refractivity contribution < 1.29 is 14.3 Å². The van der Waals surface area contributed by atoms with Crippen molar-refractivity contribution in [3.63, 3.8) is 0 Å². The number of unbranched alkanes of at least 4 members (excludes halogenated alkanes) is 15. The van der Waals surface area contributed by atoms with Gasteiger partial charge in [-0.05, 0) is 32.1 Å². The topological polar surface area (TPSA) is 96.5 Å². The molecule has 0 heterocycles. The Morgan fingerprint density at radius 2 is 1.19 bits per heavy atom. The quantitative estimate of drug-likeness (QED) is 0.0520. The number of rotatable bonds is 21. The van der Waals surface area contributed by atoms with Crippen LogP contribution in [0, 0.1) is 5.41 Å². The highest BCUT2D eigenvalue weighted by atomic mass is 16.6. The van der Waals surface area contributed by atoms with E-state index in [1.54, 1.807) is 0 Å². The number of nitrogens with zero attached hydrogens (tertiary/aromatic N) is 1. The summed E-state index contributed by atoms with van der Waals surface area (Å²) in [6.45, 7) is 2.08. The highest BCUT2D eigenvalue weighted by Gasteiger charge is 2.13. The van der Waals surface area contributed by atoms with E-state index in [1.165, 1.54) is 102 Å². The van der Waals surface area contributed by atoms with E-state index in [9.17, 15) is 9.59 Å². The summed E-state index contributed by atoms with van der Waals surface area (Å²) in [4.78, 5) is 24.4. The Bertz CT molecular complexity index is 520. The van der Waals surface area contributed by atoms with Crippen LogP contribution in [-0.4, -0.2) is 36.4 Å². The van der Waals surface area contributed by atoms with Crippen LogP contribution in [-0.2, 0) is 14.3 Å². The fourth-order valence-electron chi connectivity index (χ4n) is 3.54. The van der Waals surface area contributed by atoms with Gasteiger partial charge in [0.25, 0.3) is 0 Å². The fourth-order valence-corrected chi connectivity index (χ4v) is 3.54. The maximum atomic E-state index is 11.6. The first kappa shape index (κ1) is 30.1. The van der Waals surface area contributed by atoms with E-state index < -0.39 is 11.9 Å². The van der Waals surface area contributed by atoms with Gasteiger partial charge in [-0.25, -0.2) is 4.79 Å². The zero-order chi connectivity index (χ0) is 23.9. The number of guanidine groups is 1. The maximum Gasteiger partial charge on any atom is 0.333 e. The molecule has 0 spiro atoms. The number of likely N-dealkylation sites (N-methyl/N-ethyl adjacent to an activating group) is 1. The minimum Gasteiger partial charge on any atom is -0.392 e. The van der Waals surface area contributed by atoms with Crippen LogP contribution in [0.15, 0.2) is 12.2 Å². The first-order chi connectivity index (χ1) is 15.5. The molecule has 6 heteroatoms. The lowest BCUT2D eigenvalue weighted by Crippen LogP contribution is -2.37. The highest BCUT2D eigenvalue weighted by Crippen LogP contribution is 2.12. The third-order valence-corrected chi connectivity index (χ3v) is 5.65. The zero-order valence-electron chi connectivity index (χ0n) is 20.8. The molecule has 6 nitrogen and oxygen atoms in total. The molecule has 0 rings (SSSR count). The van der Waals surface area contributed by atoms with Crippen molar-refractivity contribution in [2.75, 3.05) is 13.6 Å². The van der Waals surface area contributed by atoms with Gasteiger partial charge in [-0.1, -0.05) is 96.1 Å². The summed E-state index contributed by atoms with van der Waals surface area (Å²) in [6, 6.07) is 0. The van der Waals surface area contributed by atoms with E-state index in [1.807, 2.05) is 0 Å². The summed E-state index contributed by atoms with van der Waals surface area (Å²) in [7, 11) is 1.50. The number of hydrogen-bond acceptors (Lipinski definition) is 4. The van der Waals surface area contributed by atoms with E-state index >= 15 is 0 Å². The SMILES string of the molecule is CCCCCCCC/C=C\CCCCCCCCCCCC(=O)OC(=O)CN(C)C(=N)N. The average Bonchev–Trinajstić information content (AvgIpc) is 2.75. The number of esters is 2. The minimum atomic E-state index is -0.666. The first-order valence-electron chi connectivity index (χ1n) is 12.9. The third kappa shape index (κ3) is 21.4. The molecule has 0 fully saturated rings. The molecule has 0 radical (unpaired) electrons. The van der Waals surface area contributed by atoms with Crippen molar-refractivity contribution in [1.82, 2.24) is 4.90 Å². The van der Waals surface area contributed by atoms with Gasteiger partial charge in [0.15, 0.2) is 5.96 Å². The van der Waals surface area contributed by atoms with Crippen molar-refractivity contribution in [3.8, 4) is 0 Å². The van der Waals surface area contributed by atoms with Crippen molar-refractivity contribution in [2.24, 2.45) is 5.73 Å². The number of allylic oxidation sites excluding steroid dienone is 2. The summed E-state index contributed by atoms with van der Waals surface area (Å²) < 4.78 is 4.73. The van der Waals surface area contributed by atoms with Gasteiger partial charge in [0, 0.05) is 13.5 Å². The Morgan fingerprint density at radius 3 is 1.66 bits per heavy atom. The normalized spacial score (nSPS) is 11.1. The summed E-state index contributed by atoms with van der Waals surface area (Å²) >= 11 is 0. The Balaban J connectivity index is 3.34. The van der Waals surface area contributed by atoms with Crippen LogP contribution in [0.2, 0.25) is 0 Å². The number of carbonyl (C=O) groups is 2. The van der Waals surface area contributed by atoms with Gasteiger partial charge in [0.1, 0.15) is 6.54 Å². The Hall–Kier alpha value is -1.85. The lowest BCUT2D eigenvalue weighted by atomic mass is 10.1. The number of nitrogens with one attached hydrogen (secondary N) is 1. The maximum absolute atomic E-state index is 11.6. The number of hydrogen-bond donors (Lipinski definition) is 2. The molecule has 0 unspecified atom stereocenters. The summed E-state index contributed by atoms with van der Waals surface area (Å²) in [6.07, 6.45) is 26.3. The molecule has 0 aliphatic heterocycles. The fraction of sp³-hybridized carbons (Fsp3) is 0.808. The molecule has 0 aromatic heterocycles. The predicted octanol–water partition coefficient (Wildman–Crippen LogP) is 6.48. The number of nitrogens with two attached hydrogens (primary N) is 1. The van der Waals surface area contributed by atoms with Gasteiger partial charge in [0.2, 0.25) is 0 Å². The van der Waals surface area contributed by atoms with E-state index in [0.717, 1.165) is 19.3 Å². The molecular weight excluding hydrogens is 402 g/mol. The van der Waals surface area contributed by atoms with E-state index in [2.05, 4.69) is 19.1 Å². The molecule has 0 saturated heterocycles. The average molecular weight is 452 g/mol. The standard InChI is InChI=1S/C26H49N3O3/c1-3-4-5-6-7-8-9-10-11-12-13-14-15-16-17-18-19-20-21-22-24(30)32-25(31)23-29(2)26(27)28/h10-11H,3-9,12-23H2,1-2H3,(H3,27,28)/b11-10-. The summed E-state index contributed by atoms with van der Waals surface area (Å²) in [5.74, 6) is -1.39. The van der Waals surface area contributed by atoms with Crippen LogP contribution in [0.1, 0.15) is 122 Å². The van der Waals surface area contributed by atoms with E-state index in [0.29, 0.717) is 0 Å². The molecular formula is C26H49N3O3. The van der Waals surface area contributed by atoms with Crippen molar-refractivity contribution in [1.29, 1.82) is 5.41 Å². The van der Waals surface area contributed by atoms with Crippen molar-refractivity contribution in [3.05, 3.63) is 12.2 Å². The highest BCUT2D eigenvalue weighted by molar-refractivity contribution is 5.88. The molecule has 0 aromatic carbocycles. The Kier molecular flexibility index (Phi) is 21.1. The van der Waals surface area contributed by atoms with E-state index in [4.69, 9.17) is 15.9 Å². The zero-order valence-corrected chi connectivity index (χ0v) is 20.8. The molecule has 0 aliphatic rings. The molecule has 0 aromatic rings. The van der Waals surface area contributed by atoms with E-state index in [-0.39, 0.29) is 18.9 Å². The Labute approximate surface area is 196 Å². The first-order valence-corrected chi connectivity index (χ1v) is 12.9. The second kappa shape index (κ2) is 22.3. The predicted molar refractivity (Wildman–Crippen MR) is 134 cm³/mol. The van der Waals surface area contributed by atoms with Crippen LogP contribution >= 0.6 is 0 Å². The molecule has 0 atom stereocenters.